The van der Waals surface area contributed by atoms with E-state index in [-0.39, 0.29) is 5.91 Å². The molecule has 96 valence electrons. The molecule has 2 heterocycles. The Kier molecular flexibility index (Phi) is 2.94. The Morgan fingerprint density at radius 3 is 2.84 bits per heavy atom. The number of carbonyl (C=O) groups is 2. The van der Waals surface area contributed by atoms with E-state index < -0.39 is 6.03 Å². The van der Waals surface area contributed by atoms with Gasteiger partial charge in [-0.2, -0.15) is 0 Å². The SMILES string of the molecule is O=C1CCN(c2cc3cc(Br)ccc3cn2)C(=O)N1. The van der Waals surface area contributed by atoms with Gasteiger partial charge >= 0.3 is 6.03 Å². The first-order valence-corrected chi connectivity index (χ1v) is 6.59. The van der Waals surface area contributed by atoms with Crippen LogP contribution in [0.4, 0.5) is 10.6 Å². The summed E-state index contributed by atoms with van der Waals surface area (Å²) in [6.07, 6.45) is 2.02. The van der Waals surface area contributed by atoms with Crippen molar-refractivity contribution < 1.29 is 9.59 Å². The van der Waals surface area contributed by atoms with Gasteiger partial charge in [-0.15, -0.1) is 0 Å². The molecule has 0 radical (unpaired) electrons. The maximum absolute atomic E-state index is 11.8. The van der Waals surface area contributed by atoms with E-state index in [2.05, 4.69) is 26.2 Å². The predicted octanol–water partition coefficient (Wildman–Crippen LogP) is 2.44. The summed E-state index contributed by atoms with van der Waals surface area (Å²) in [5.74, 6) is 0.306. The Bertz CT molecular complexity index is 687. The van der Waals surface area contributed by atoms with Crippen molar-refractivity contribution in [2.45, 2.75) is 6.42 Å². The van der Waals surface area contributed by atoms with Crippen LogP contribution in [0, 0.1) is 0 Å². The molecular formula is C13H10BrN3O2. The van der Waals surface area contributed by atoms with E-state index in [9.17, 15) is 9.59 Å². The van der Waals surface area contributed by atoms with Gasteiger partial charge in [0.15, 0.2) is 0 Å². The second-order valence-corrected chi connectivity index (χ2v) is 5.20. The topological polar surface area (TPSA) is 62.3 Å². The van der Waals surface area contributed by atoms with E-state index >= 15 is 0 Å². The number of benzene rings is 1. The van der Waals surface area contributed by atoms with Crippen molar-refractivity contribution in [3.05, 3.63) is 34.9 Å². The van der Waals surface area contributed by atoms with Crippen LogP contribution < -0.4 is 10.2 Å². The van der Waals surface area contributed by atoms with Crippen LogP contribution in [-0.2, 0) is 4.79 Å². The van der Waals surface area contributed by atoms with Crippen molar-refractivity contribution in [3.63, 3.8) is 0 Å². The number of pyridine rings is 1. The van der Waals surface area contributed by atoms with Gasteiger partial charge in [-0.1, -0.05) is 22.0 Å². The molecular weight excluding hydrogens is 310 g/mol. The highest BCUT2D eigenvalue weighted by Crippen LogP contribution is 2.23. The van der Waals surface area contributed by atoms with Crippen molar-refractivity contribution in [1.29, 1.82) is 0 Å². The van der Waals surface area contributed by atoms with Crippen molar-refractivity contribution in [2.24, 2.45) is 0 Å². The van der Waals surface area contributed by atoms with Gasteiger partial charge < -0.3 is 0 Å². The van der Waals surface area contributed by atoms with E-state index in [1.54, 1.807) is 6.20 Å². The first-order valence-electron chi connectivity index (χ1n) is 5.80. The van der Waals surface area contributed by atoms with Crippen LogP contribution in [0.15, 0.2) is 34.9 Å². The zero-order valence-electron chi connectivity index (χ0n) is 9.89. The van der Waals surface area contributed by atoms with Gasteiger partial charge in [0.1, 0.15) is 5.82 Å². The van der Waals surface area contributed by atoms with E-state index in [4.69, 9.17) is 0 Å². The molecule has 1 N–H and O–H groups in total. The van der Waals surface area contributed by atoms with Gasteiger partial charge in [0.2, 0.25) is 5.91 Å². The van der Waals surface area contributed by atoms with Crippen LogP contribution in [0.1, 0.15) is 6.42 Å². The number of imide groups is 1. The van der Waals surface area contributed by atoms with Gasteiger partial charge in [-0.3, -0.25) is 15.0 Å². The first-order chi connectivity index (χ1) is 9.13. The highest BCUT2D eigenvalue weighted by Gasteiger charge is 2.25. The molecule has 2 aromatic rings. The van der Waals surface area contributed by atoms with E-state index in [1.165, 1.54) is 4.90 Å². The third-order valence-corrected chi connectivity index (χ3v) is 3.49. The lowest BCUT2D eigenvalue weighted by Crippen LogP contribution is -2.49. The standard InChI is InChI=1S/C13H10BrN3O2/c14-10-2-1-8-7-15-11(6-9(8)5-10)17-4-3-12(18)16-13(17)19/h1-2,5-7H,3-4H2,(H,16,18,19). The molecule has 0 spiro atoms. The van der Waals surface area contributed by atoms with Crippen LogP contribution in [0.5, 0.6) is 0 Å². The number of nitrogens with zero attached hydrogens (tertiary/aromatic N) is 2. The average Bonchev–Trinajstić information content (AvgIpc) is 2.38. The summed E-state index contributed by atoms with van der Waals surface area (Å²) in [4.78, 5) is 28.6. The highest BCUT2D eigenvalue weighted by molar-refractivity contribution is 9.10. The molecule has 19 heavy (non-hydrogen) atoms. The molecule has 3 rings (SSSR count). The fourth-order valence-corrected chi connectivity index (χ4v) is 2.41. The summed E-state index contributed by atoms with van der Waals surface area (Å²) in [6, 6.07) is 7.28. The summed E-state index contributed by atoms with van der Waals surface area (Å²) in [7, 11) is 0. The van der Waals surface area contributed by atoms with E-state index in [0.717, 1.165) is 15.2 Å². The van der Waals surface area contributed by atoms with Crippen LogP contribution in [0.2, 0.25) is 0 Å². The lowest BCUT2D eigenvalue weighted by molar-refractivity contribution is -0.120. The number of nitrogens with one attached hydrogen (secondary N) is 1. The number of urea groups is 1. The molecule has 3 amide bonds. The summed E-state index contributed by atoms with van der Waals surface area (Å²) in [6.45, 7) is 0.358. The zero-order valence-corrected chi connectivity index (χ0v) is 11.5. The lowest BCUT2D eigenvalue weighted by atomic mass is 10.2. The van der Waals surface area contributed by atoms with Gasteiger partial charge in [0.25, 0.3) is 0 Å². The third-order valence-electron chi connectivity index (χ3n) is 3.00. The minimum atomic E-state index is -0.418. The second-order valence-electron chi connectivity index (χ2n) is 4.29. The molecule has 0 atom stereocenters. The van der Waals surface area contributed by atoms with E-state index in [0.29, 0.717) is 18.8 Å². The molecule has 0 aliphatic carbocycles. The monoisotopic (exact) mass is 319 g/mol. The van der Waals surface area contributed by atoms with Gasteiger partial charge in [-0.05, 0) is 23.6 Å². The maximum Gasteiger partial charge on any atom is 0.329 e. The molecule has 1 fully saturated rings. The first kappa shape index (κ1) is 12.1. The smallest absolute Gasteiger partial charge is 0.278 e. The Balaban J connectivity index is 2.01. The van der Waals surface area contributed by atoms with Crippen LogP contribution in [-0.4, -0.2) is 23.5 Å². The number of fused-ring (bicyclic) bond motifs is 1. The Labute approximate surface area is 117 Å². The normalized spacial score (nSPS) is 15.7. The summed E-state index contributed by atoms with van der Waals surface area (Å²) in [5, 5.41) is 4.28. The molecule has 0 unspecified atom stereocenters. The largest absolute Gasteiger partial charge is 0.329 e. The van der Waals surface area contributed by atoms with Crippen LogP contribution in [0.25, 0.3) is 10.8 Å². The number of carbonyl (C=O) groups excluding carboxylic acids is 2. The number of rotatable bonds is 1. The number of anilines is 1. The number of aromatic nitrogens is 1. The summed E-state index contributed by atoms with van der Waals surface area (Å²) in [5.41, 5.74) is 0. The predicted molar refractivity (Wildman–Crippen MR) is 74.9 cm³/mol. The quantitative estimate of drug-likeness (QED) is 0.878. The Morgan fingerprint density at radius 1 is 1.21 bits per heavy atom. The fraction of sp³-hybridized carbons (Fsp3) is 0.154. The summed E-state index contributed by atoms with van der Waals surface area (Å²) < 4.78 is 0.968. The molecule has 1 aromatic carbocycles. The maximum atomic E-state index is 11.8. The third kappa shape index (κ3) is 2.31. The lowest BCUT2D eigenvalue weighted by Gasteiger charge is -2.25. The van der Waals surface area contributed by atoms with Crippen molar-refractivity contribution in [2.75, 3.05) is 11.4 Å². The highest BCUT2D eigenvalue weighted by atomic mass is 79.9. The summed E-state index contributed by atoms with van der Waals surface area (Å²) >= 11 is 3.41. The second kappa shape index (κ2) is 4.62. The minimum Gasteiger partial charge on any atom is -0.278 e. The minimum absolute atomic E-state index is 0.246. The molecule has 0 bridgehead atoms. The number of halogens is 1. The van der Waals surface area contributed by atoms with Crippen molar-refractivity contribution in [3.8, 4) is 0 Å². The van der Waals surface area contributed by atoms with Gasteiger partial charge in [-0.25, -0.2) is 9.78 Å². The van der Waals surface area contributed by atoms with Crippen molar-refractivity contribution >= 4 is 44.5 Å². The molecule has 6 heteroatoms. The molecule has 5 nitrogen and oxygen atoms in total. The number of hydrogen-bond acceptors (Lipinski definition) is 3. The van der Waals surface area contributed by atoms with Gasteiger partial charge in [0, 0.05) is 29.0 Å². The van der Waals surface area contributed by atoms with Gasteiger partial charge in [0.05, 0.1) is 0 Å². The van der Waals surface area contributed by atoms with E-state index in [1.807, 2.05) is 24.3 Å². The zero-order chi connectivity index (χ0) is 13.4. The molecule has 1 aliphatic rings. The molecule has 0 saturated carbocycles. The van der Waals surface area contributed by atoms with Crippen LogP contribution >= 0.6 is 15.9 Å². The number of hydrogen-bond donors (Lipinski definition) is 1. The Morgan fingerprint density at radius 2 is 2.05 bits per heavy atom. The van der Waals surface area contributed by atoms with Crippen molar-refractivity contribution in [1.82, 2.24) is 10.3 Å². The average molecular weight is 320 g/mol. The Hall–Kier alpha value is -1.95. The molecule has 1 saturated heterocycles. The molecule has 1 aliphatic heterocycles. The fourth-order valence-electron chi connectivity index (χ4n) is 2.03. The van der Waals surface area contributed by atoms with Crippen LogP contribution in [0.3, 0.4) is 0 Å². The number of amides is 3. The molecule has 1 aromatic heterocycles.